The van der Waals surface area contributed by atoms with Gasteiger partial charge in [0.05, 0.1) is 6.10 Å². The number of guanidine groups is 1. The van der Waals surface area contributed by atoms with E-state index in [1.165, 1.54) is 83.1 Å². The Labute approximate surface area is 437 Å². The molecule has 6 saturated carbocycles. The van der Waals surface area contributed by atoms with Crippen molar-refractivity contribution in [3.63, 3.8) is 0 Å². The van der Waals surface area contributed by atoms with E-state index in [0.717, 1.165) is 87.5 Å². The molecule has 1 saturated heterocycles. The van der Waals surface area contributed by atoms with E-state index in [1.54, 1.807) is 0 Å². The molecule has 0 radical (unpaired) electrons. The van der Waals surface area contributed by atoms with Crippen molar-refractivity contribution in [1.82, 2.24) is 10.2 Å². The number of nitrogens with zero attached hydrogens (tertiary/aromatic N) is 2. The van der Waals surface area contributed by atoms with Gasteiger partial charge in [-0.05, 0) is 168 Å². The summed E-state index contributed by atoms with van der Waals surface area (Å²) in [5.41, 5.74) is 10.2. The molecular formula is C60H82N4O6S2. The number of fused-ring (bicyclic) bond motifs is 9. The number of carbonyl (C=O) groups excluding carboxylic acids is 2. The molecule has 7 fully saturated rings. The number of hydrogen-bond acceptors (Lipinski definition) is 11. The monoisotopic (exact) mass is 1020 g/mol. The number of phenols is 1. The van der Waals surface area contributed by atoms with Crippen LogP contribution in [-0.2, 0) is 27.3 Å². The standard InChI is InChI=1S/C60H82N4O6S2/c1-40(65)69-57-29-18-42(49(66)34-57)14-9-23-55(21-5-6-22-55)39-71-72-60(28-11-26-56(60)24-7-8-25-56)63-54(61)62-36-47-16-17-48(41-12-3-2-4-13-41)58(47)35-50(67)64(38-58)37-45-32-43(19-30-57)51-44-20-31-59(70-53(51)52(45)68)27-10-15-46(59)33-44/h2-4,12-13,20,31-32,42,44,46-49,66,68H,5-11,14-19,21-30,33-39H2,1H3,(H3,61,62,63). The lowest BCUT2D eigenvalue weighted by Crippen LogP contribution is -2.55. The molecule has 5 N–H and O–H groups in total. The van der Waals surface area contributed by atoms with Crippen molar-refractivity contribution < 1.29 is 29.3 Å². The van der Waals surface area contributed by atoms with E-state index >= 15 is 0 Å². The maximum atomic E-state index is 14.9. The second-order valence-electron chi connectivity index (χ2n) is 25.3. The second kappa shape index (κ2) is 19.3. The number of aliphatic hydroxyl groups is 1. The van der Waals surface area contributed by atoms with Crippen LogP contribution in [-0.4, -0.2) is 74.0 Å². The molecule has 2 aromatic rings. The van der Waals surface area contributed by atoms with Gasteiger partial charge in [-0.15, -0.1) is 0 Å². The van der Waals surface area contributed by atoms with Crippen LogP contribution in [0.4, 0.5) is 0 Å². The fraction of sp³-hybridized carbons (Fsp3) is 0.717. The van der Waals surface area contributed by atoms with Gasteiger partial charge in [0, 0.05) is 78.9 Å². The molecule has 12 aliphatic rings. The zero-order chi connectivity index (χ0) is 49.4. The number of allylic oxidation sites excluding steroid dienone is 1. The molecule has 390 valence electrons. The normalized spacial score (nSPS) is 38.3. The van der Waals surface area contributed by atoms with E-state index in [-0.39, 0.29) is 63.5 Å². The second-order valence-corrected chi connectivity index (χ2v) is 27.9. The summed E-state index contributed by atoms with van der Waals surface area (Å²) in [6.45, 7) is 2.95. The van der Waals surface area contributed by atoms with Crippen molar-refractivity contribution in [3.05, 3.63) is 70.8 Å². The molecule has 10 unspecified atom stereocenters. The van der Waals surface area contributed by atoms with Gasteiger partial charge in [-0.2, -0.15) is 0 Å². The highest BCUT2D eigenvalue weighted by atomic mass is 33.1. The highest BCUT2D eigenvalue weighted by Crippen LogP contribution is 2.65. The number of aliphatic imine (C=N–C) groups is 1. The average Bonchev–Trinajstić information content (AvgIpc) is 4.23. The van der Waals surface area contributed by atoms with E-state index in [1.807, 2.05) is 4.90 Å². The maximum absolute atomic E-state index is 14.9. The summed E-state index contributed by atoms with van der Waals surface area (Å²) in [7, 11) is 4.19. The molecule has 8 bridgehead atoms. The van der Waals surface area contributed by atoms with Crippen molar-refractivity contribution >= 4 is 39.4 Å². The van der Waals surface area contributed by atoms with Gasteiger partial charge < -0.3 is 35.6 Å². The van der Waals surface area contributed by atoms with E-state index in [0.29, 0.717) is 67.4 Å². The summed E-state index contributed by atoms with van der Waals surface area (Å²) in [6, 6.07) is 13.0. The number of ether oxygens (including phenoxy) is 2. The topological polar surface area (TPSA) is 147 Å². The lowest BCUT2D eigenvalue weighted by Gasteiger charge is -2.44. The molecule has 5 heterocycles. The first-order valence-corrected chi connectivity index (χ1v) is 31.0. The van der Waals surface area contributed by atoms with E-state index in [4.69, 9.17) is 20.2 Å². The molecule has 10 atom stereocenters. The van der Waals surface area contributed by atoms with Crippen LogP contribution in [0, 0.1) is 34.0 Å². The number of benzene rings is 2. The highest BCUT2D eigenvalue weighted by Gasteiger charge is 2.59. The fourth-order valence-corrected chi connectivity index (χ4v) is 22.0. The predicted molar refractivity (Wildman–Crippen MR) is 288 cm³/mol. The van der Waals surface area contributed by atoms with Gasteiger partial charge in [-0.3, -0.25) is 14.6 Å². The molecule has 0 aromatic heterocycles. The van der Waals surface area contributed by atoms with Crippen LogP contribution in [0.25, 0.3) is 0 Å². The van der Waals surface area contributed by atoms with E-state index in [2.05, 4.69) is 75.5 Å². The Balaban J connectivity index is 0.920. The molecule has 14 rings (SSSR count). The first-order chi connectivity index (χ1) is 34.9. The summed E-state index contributed by atoms with van der Waals surface area (Å²) in [4.78, 5) is 35.1. The van der Waals surface area contributed by atoms with Crippen LogP contribution in [0.5, 0.6) is 11.5 Å². The molecular weight excluding hydrogens is 937 g/mol. The van der Waals surface area contributed by atoms with Gasteiger partial charge in [0.1, 0.15) is 16.1 Å². The lowest BCUT2D eigenvalue weighted by molar-refractivity contribution is -0.169. The molecule has 72 heavy (non-hydrogen) atoms. The Morgan fingerprint density at radius 2 is 1.67 bits per heavy atom. The minimum absolute atomic E-state index is 0.0949. The van der Waals surface area contributed by atoms with Gasteiger partial charge in [-0.25, -0.2) is 0 Å². The van der Waals surface area contributed by atoms with Crippen molar-refractivity contribution in [2.75, 3.05) is 18.8 Å². The quantitative estimate of drug-likeness (QED) is 0.130. The molecule has 2 aromatic carbocycles. The van der Waals surface area contributed by atoms with Gasteiger partial charge in [-0.1, -0.05) is 90.1 Å². The van der Waals surface area contributed by atoms with Gasteiger partial charge >= 0.3 is 5.97 Å². The molecule has 7 aliphatic carbocycles. The number of aliphatic hydroxyl groups excluding tert-OH is 1. The van der Waals surface area contributed by atoms with E-state index < -0.39 is 17.3 Å². The summed E-state index contributed by atoms with van der Waals surface area (Å²) in [5.74, 6) is 3.24. The van der Waals surface area contributed by atoms with Crippen LogP contribution in [0.3, 0.4) is 0 Å². The highest BCUT2D eigenvalue weighted by molar-refractivity contribution is 8.77. The molecule has 1 amide bonds. The number of rotatable bonds is 2. The molecule has 10 nitrogen and oxygen atoms in total. The number of amides is 1. The van der Waals surface area contributed by atoms with Crippen molar-refractivity contribution in [3.8, 4) is 11.5 Å². The molecule has 12 heteroatoms. The third kappa shape index (κ3) is 8.71. The van der Waals surface area contributed by atoms with Crippen LogP contribution < -0.4 is 15.8 Å². The van der Waals surface area contributed by atoms with Crippen LogP contribution >= 0.6 is 21.6 Å². The van der Waals surface area contributed by atoms with Crippen LogP contribution in [0.15, 0.2) is 53.5 Å². The largest absolute Gasteiger partial charge is 0.504 e. The Hall–Kier alpha value is -3.35. The third-order valence-corrected chi connectivity index (χ3v) is 24.9. The Bertz CT molecular complexity index is 2430. The third-order valence-electron chi connectivity index (χ3n) is 21.5. The Morgan fingerprint density at radius 1 is 0.889 bits per heavy atom. The number of aromatic hydroxyl groups is 1. The fourth-order valence-electron chi connectivity index (χ4n) is 17.8. The molecule has 5 spiro atoms. The zero-order valence-corrected chi connectivity index (χ0v) is 44.7. The number of aryl methyl sites for hydroxylation is 1. The predicted octanol–water partition coefficient (Wildman–Crippen LogP) is 12.1. The lowest BCUT2D eigenvalue weighted by atomic mass is 9.68. The SMILES string of the molecule is CC(=O)OC12CCc3cc(c(O)c4c3C3C=CC5(CCCC5C3)O4)CN3CC4(CC3=O)C(CCC4c3ccccc3)CN=C(N)NC3(CCCC34CCCC4)SSCC3(CCCC3)CCCC(CC1)C(O)C2. The van der Waals surface area contributed by atoms with Crippen molar-refractivity contribution in [2.24, 2.45) is 44.7 Å². The number of nitrogens with two attached hydrogens (primary N) is 1. The number of phenolic OH excluding ortho intramolecular Hbond substituents is 1. The summed E-state index contributed by atoms with van der Waals surface area (Å²) in [6.07, 6.45) is 30.7. The smallest absolute Gasteiger partial charge is 0.303 e. The maximum Gasteiger partial charge on any atom is 0.303 e. The first-order valence-electron chi connectivity index (χ1n) is 28.7. The number of carbonyl (C=O) groups is 2. The Morgan fingerprint density at radius 3 is 2.47 bits per heavy atom. The van der Waals surface area contributed by atoms with Gasteiger partial charge in [0.15, 0.2) is 17.5 Å². The first kappa shape index (κ1) is 49.5. The summed E-state index contributed by atoms with van der Waals surface area (Å²) < 4.78 is 13.6. The summed E-state index contributed by atoms with van der Waals surface area (Å²) >= 11 is 0. The van der Waals surface area contributed by atoms with Gasteiger partial charge in [0.25, 0.3) is 0 Å². The molecule has 5 aliphatic heterocycles. The number of hydrogen-bond donors (Lipinski definition) is 4. The van der Waals surface area contributed by atoms with Crippen molar-refractivity contribution in [2.45, 2.75) is 214 Å². The minimum atomic E-state index is -0.791. The number of esters is 1. The summed E-state index contributed by atoms with van der Waals surface area (Å²) in [5, 5.41) is 28.7. The van der Waals surface area contributed by atoms with E-state index in [9.17, 15) is 19.8 Å². The number of nitrogens with one attached hydrogen (secondary N) is 1. The van der Waals surface area contributed by atoms with Crippen molar-refractivity contribution in [1.29, 1.82) is 0 Å². The minimum Gasteiger partial charge on any atom is -0.504 e. The van der Waals surface area contributed by atoms with Crippen LogP contribution in [0.2, 0.25) is 0 Å². The van der Waals surface area contributed by atoms with Crippen LogP contribution in [0.1, 0.15) is 202 Å². The average molecular weight is 1020 g/mol. The Kier molecular flexibility index (Phi) is 13.3. The van der Waals surface area contributed by atoms with Gasteiger partial charge in [0.2, 0.25) is 5.91 Å². The zero-order valence-electron chi connectivity index (χ0n) is 43.1.